The molecule has 0 heterocycles. The largest absolute Gasteiger partial charge is 0.409 e. The van der Waals surface area contributed by atoms with E-state index in [1.165, 1.54) is 0 Å². The number of carbonyl (C=O) groups excluding carboxylic acids is 1. The van der Waals surface area contributed by atoms with E-state index in [9.17, 15) is 4.79 Å². The highest BCUT2D eigenvalue weighted by Gasteiger charge is 2.29. The maximum Gasteiger partial charge on any atom is 0.252 e. The number of nitrogens with zero attached hydrogens (tertiary/aromatic N) is 1. The second-order valence-electron chi connectivity index (χ2n) is 4.49. The molecule has 1 atom stereocenters. The van der Waals surface area contributed by atoms with Gasteiger partial charge in [-0.15, -0.1) is 0 Å². The standard InChI is InChI=1S/C13H19N3O2/c1-4-13(3,12(14)16-18)15-11(17)10-7-5-6-9(2)8-10/h5-8,18H,4H2,1-3H3,(H2,14,16)(H,15,17). The minimum absolute atomic E-state index is 0.00833. The topological polar surface area (TPSA) is 87.7 Å². The summed E-state index contributed by atoms with van der Waals surface area (Å²) in [5.41, 5.74) is 6.31. The molecule has 1 unspecified atom stereocenters. The lowest BCUT2D eigenvalue weighted by Gasteiger charge is -2.28. The molecule has 0 aliphatic rings. The van der Waals surface area contributed by atoms with Crippen LogP contribution in [0.4, 0.5) is 0 Å². The molecule has 5 heteroatoms. The van der Waals surface area contributed by atoms with Crippen LogP contribution >= 0.6 is 0 Å². The number of oxime groups is 1. The van der Waals surface area contributed by atoms with Crippen LogP contribution in [0.2, 0.25) is 0 Å². The summed E-state index contributed by atoms with van der Waals surface area (Å²) in [5, 5.41) is 14.5. The number of nitrogens with one attached hydrogen (secondary N) is 1. The van der Waals surface area contributed by atoms with E-state index in [-0.39, 0.29) is 11.7 Å². The Morgan fingerprint density at radius 1 is 1.56 bits per heavy atom. The maximum atomic E-state index is 12.1. The van der Waals surface area contributed by atoms with Gasteiger partial charge in [-0.25, -0.2) is 0 Å². The molecule has 0 aliphatic carbocycles. The number of hydrogen-bond donors (Lipinski definition) is 3. The van der Waals surface area contributed by atoms with Crippen LogP contribution in [0.3, 0.4) is 0 Å². The normalized spacial score (nSPS) is 14.9. The Kier molecular flexibility index (Phi) is 4.31. The number of aryl methyl sites for hydroxylation is 1. The van der Waals surface area contributed by atoms with Crippen LogP contribution in [0.25, 0.3) is 0 Å². The fourth-order valence-electron chi connectivity index (χ4n) is 1.55. The minimum atomic E-state index is -0.852. The summed E-state index contributed by atoms with van der Waals surface area (Å²) in [6.45, 7) is 5.49. The van der Waals surface area contributed by atoms with Crippen molar-refractivity contribution in [3.05, 3.63) is 35.4 Å². The minimum Gasteiger partial charge on any atom is -0.409 e. The zero-order valence-corrected chi connectivity index (χ0v) is 10.9. The highest BCUT2D eigenvalue weighted by atomic mass is 16.4. The van der Waals surface area contributed by atoms with Gasteiger partial charge in [0.05, 0.1) is 5.54 Å². The summed E-state index contributed by atoms with van der Waals surface area (Å²) in [6.07, 6.45) is 0.528. The van der Waals surface area contributed by atoms with Crippen LogP contribution in [-0.2, 0) is 0 Å². The Labute approximate surface area is 107 Å². The monoisotopic (exact) mass is 249 g/mol. The van der Waals surface area contributed by atoms with E-state index in [4.69, 9.17) is 10.9 Å². The Morgan fingerprint density at radius 3 is 2.72 bits per heavy atom. The van der Waals surface area contributed by atoms with Gasteiger partial charge in [0.1, 0.15) is 0 Å². The van der Waals surface area contributed by atoms with E-state index in [2.05, 4.69) is 10.5 Å². The first-order chi connectivity index (χ1) is 8.42. The van der Waals surface area contributed by atoms with Crippen molar-refractivity contribution in [3.8, 4) is 0 Å². The van der Waals surface area contributed by atoms with Gasteiger partial charge in [0.25, 0.3) is 5.91 Å². The molecule has 1 aromatic rings. The van der Waals surface area contributed by atoms with Crippen molar-refractivity contribution < 1.29 is 10.0 Å². The molecule has 1 rings (SSSR count). The lowest BCUT2D eigenvalue weighted by Crippen LogP contribution is -2.55. The first-order valence-electron chi connectivity index (χ1n) is 5.80. The van der Waals surface area contributed by atoms with Crippen LogP contribution in [0.5, 0.6) is 0 Å². The van der Waals surface area contributed by atoms with Crippen molar-refractivity contribution in [2.45, 2.75) is 32.7 Å². The third-order valence-corrected chi connectivity index (χ3v) is 3.05. The van der Waals surface area contributed by atoms with Crippen molar-refractivity contribution in [2.24, 2.45) is 10.9 Å². The van der Waals surface area contributed by atoms with Crippen LogP contribution in [0.1, 0.15) is 36.2 Å². The third kappa shape index (κ3) is 3.00. The second-order valence-corrected chi connectivity index (χ2v) is 4.49. The van der Waals surface area contributed by atoms with Gasteiger partial charge in [-0.2, -0.15) is 0 Å². The summed E-state index contributed by atoms with van der Waals surface area (Å²) < 4.78 is 0. The van der Waals surface area contributed by atoms with E-state index in [0.717, 1.165) is 5.56 Å². The van der Waals surface area contributed by atoms with E-state index < -0.39 is 5.54 Å². The van der Waals surface area contributed by atoms with Gasteiger partial charge >= 0.3 is 0 Å². The smallest absolute Gasteiger partial charge is 0.252 e. The van der Waals surface area contributed by atoms with Gasteiger partial charge in [0.15, 0.2) is 5.84 Å². The van der Waals surface area contributed by atoms with Gasteiger partial charge in [-0.1, -0.05) is 29.8 Å². The molecule has 1 aromatic carbocycles. The predicted molar refractivity (Wildman–Crippen MR) is 70.8 cm³/mol. The fraction of sp³-hybridized carbons (Fsp3) is 0.385. The van der Waals surface area contributed by atoms with Crippen molar-refractivity contribution in [1.82, 2.24) is 5.32 Å². The van der Waals surface area contributed by atoms with Crippen LogP contribution in [0, 0.1) is 6.92 Å². The summed E-state index contributed by atoms with van der Waals surface area (Å²) >= 11 is 0. The number of rotatable bonds is 4. The van der Waals surface area contributed by atoms with Gasteiger partial charge in [0, 0.05) is 5.56 Å². The van der Waals surface area contributed by atoms with Crippen LogP contribution in [-0.4, -0.2) is 22.5 Å². The Morgan fingerprint density at radius 2 is 2.22 bits per heavy atom. The molecule has 0 spiro atoms. The van der Waals surface area contributed by atoms with Gasteiger partial charge < -0.3 is 16.3 Å². The maximum absolute atomic E-state index is 12.1. The summed E-state index contributed by atoms with van der Waals surface area (Å²) in [5.74, 6) is -0.249. The predicted octanol–water partition coefficient (Wildman–Crippen LogP) is 1.64. The number of amidine groups is 1. The van der Waals surface area contributed by atoms with Gasteiger partial charge in [-0.3, -0.25) is 4.79 Å². The number of benzene rings is 1. The molecule has 0 bridgehead atoms. The number of nitrogens with two attached hydrogens (primary N) is 1. The molecule has 0 saturated heterocycles. The highest BCUT2D eigenvalue weighted by molar-refractivity contribution is 6.00. The molecular weight excluding hydrogens is 230 g/mol. The van der Waals surface area contributed by atoms with Crippen molar-refractivity contribution >= 4 is 11.7 Å². The van der Waals surface area contributed by atoms with Crippen molar-refractivity contribution in [1.29, 1.82) is 0 Å². The fourth-order valence-corrected chi connectivity index (χ4v) is 1.55. The molecule has 0 aromatic heterocycles. The summed E-state index contributed by atoms with van der Waals surface area (Å²) in [6, 6.07) is 7.25. The average molecular weight is 249 g/mol. The second kappa shape index (κ2) is 5.53. The Bertz CT molecular complexity index is 471. The number of carbonyl (C=O) groups is 1. The molecule has 0 saturated carbocycles. The molecule has 98 valence electrons. The lowest BCUT2D eigenvalue weighted by atomic mass is 9.96. The van der Waals surface area contributed by atoms with Gasteiger partial charge in [-0.05, 0) is 32.4 Å². The zero-order chi connectivity index (χ0) is 13.8. The quantitative estimate of drug-likeness (QED) is 0.328. The van der Waals surface area contributed by atoms with Crippen LogP contribution in [0.15, 0.2) is 29.4 Å². The van der Waals surface area contributed by atoms with Crippen molar-refractivity contribution in [2.75, 3.05) is 0 Å². The lowest BCUT2D eigenvalue weighted by molar-refractivity contribution is 0.0925. The van der Waals surface area contributed by atoms with E-state index in [1.54, 1.807) is 19.1 Å². The van der Waals surface area contributed by atoms with E-state index in [0.29, 0.717) is 12.0 Å². The zero-order valence-electron chi connectivity index (χ0n) is 10.9. The average Bonchev–Trinajstić information content (AvgIpc) is 2.37. The van der Waals surface area contributed by atoms with Crippen molar-refractivity contribution in [3.63, 3.8) is 0 Å². The highest BCUT2D eigenvalue weighted by Crippen LogP contribution is 2.12. The molecule has 5 nitrogen and oxygen atoms in total. The van der Waals surface area contributed by atoms with Crippen LogP contribution < -0.4 is 11.1 Å². The molecule has 4 N–H and O–H groups in total. The third-order valence-electron chi connectivity index (χ3n) is 3.05. The molecule has 18 heavy (non-hydrogen) atoms. The first kappa shape index (κ1) is 14.0. The molecule has 0 radical (unpaired) electrons. The molecule has 0 aliphatic heterocycles. The van der Waals surface area contributed by atoms with E-state index >= 15 is 0 Å². The Balaban J connectivity index is 2.93. The molecular formula is C13H19N3O2. The summed E-state index contributed by atoms with van der Waals surface area (Å²) in [4.78, 5) is 12.1. The first-order valence-corrected chi connectivity index (χ1v) is 5.80. The SMILES string of the molecule is CCC(C)(NC(=O)c1cccc(C)c1)/C(N)=N/O. The summed E-state index contributed by atoms with van der Waals surface area (Å²) in [7, 11) is 0. The van der Waals surface area contributed by atoms with E-state index in [1.807, 2.05) is 26.0 Å². The number of hydrogen-bond acceptors (Lipinski definition) is 3. The molecule has 1 amide bonds. The number of amides is 1. The Hall–Kier alpha value is -2.04. The van der Waals surface area contributed by atoms with Gasteiger partial charge in [0.2, 0.25) is 0 Å². The molecule has 0 fully saturated rings.